The lowest BCUT2D eigenvalue weighted by molar-refractivity contribution is -0.117. The molecule has 0 radical (unpaired) electrons. The van der Waals surface area contributed by atoms with Crippen LogP contribution < -0.4 is 9.64 Å². The van der Waals surface area contributed by atoms with Crippen molar-refractivity contribution in [3.05, 3.63) is 81.8 Å². The van der Waals surface area contributed by atoms with Gasteiger partial charge in [0.2, 0.25) is 5.78 Å². The SMILES string of the molecule is COC(=O)c1sc(N2C(=O)C(O)=C(C(=O)c3cc4cccc(OC)c4o3)[C@@H]2c2cccc(O)c2)nc1C. The number of anilines is 1. The Bertz CT molecular complexity index is 1620. The number of ketones is 1. The Morgan fingerprint density at radius 2 is 1.86 bits per heavy atom. The Morgan fingerprint density at radius 1 is 1.11 bits per heavy atom. The molecule has 1 aliphatic heterocycles. The fourth-order valence-electron chi connectivity index (χ4n) is 4.25. The molecule has 188 valence electrons. The summed E-state index contributed by atoms with van der Waals surface area (Å²) in [7, 11) is 2.70. The number of methoxy groups -OCH3 is 2. The molecule has 10 nitrogen and oxygen atoms in total. The number of carbonyl (C=O) groups excluding carboxylic acids is 3. The molecule has 11 heteroatoms. The second-order valence-electron chi connectivity index (χ2n) is 8.16. The number of furan rings is 1. The molecule has 0 saturated heterocycles. The normalized spacial score (nSPS) is 15.5. The van der Waals surface area contributed by atoms with Crippen molar-refractivity contribution in [2.75, 3.05) is 19.1 Å². The number of hydrogen-bond donors (Lipinski definition) is 2. The molecule has 4 aromatic rings. The van der Waals surface area contributed by atoms with Crippen molar-refractivity contribution in [1.29, 1.82) is 0 Å². The molecule has 2 aromatic carbocycles. The summed E-state index contributed by atoms with van der Waals surface area (Å²) in [5.74, 6) is -2.87. The predicted octanol–water partition coefficient (Wildman–Crippen LogP) is 4.48. The van der Waals surface area contributed by atoms with Crippen LogP contribution in [0.25, 0.3) is 11.0 Å². The lowest BCUT2D eigenvalue weighted by atomic mass is 9.95. The number of hydrogen-bond acceptors (Lipinski definition) is 10. The molecule has 2 N–H and O–H groups in total. The number of aliphatic hydroxyl groups excluding tert-OH is 1. The van der Waals surface area contributed by atoms with Crippen LogP contribution in [0.3, 0.4) is 0 Å². The predicted molar refractivity (Wildman–Crippen MR) is 133 cm³/mol. The zero-order valence-electron chi connectivity index (χ0n) is 19.8. The van der Waals surface area contributed by atoms with E-state index in [9.17, 15) is 24.6 Å². The highest BCUT2D eigenvalue weighted by Gasteiger charge is 2.47. The topological polar surface area (TPSA) is 139 Å². The van der Waals surface area contributed by atoms with Gasteiger partial charge in [-0.1, -0.05) is 35.6 Å². The third-order valence-electron chi connectivity index (χ3n) is 5.95. The number of aromatic nitrogens is 1. The highest BCUT2D eigenvalue weighted by atomic mass is 32.1. The van der Waals surface area contributed by atoms with Gasteiger partial charge in [0.1, 0.15) is 10.6 Å². The van der Waals surface area contributed by atoms with Crippen LogP contribution in [0.1, 0.15) is 37.5 Å². The smallest absolute Gasteiger partial charge is 0.350 e. The first-order valence-electron chi connectivity index (χ1n) is 11.0. The third kappa shape index (κ3) is 3.89. The number of phenols is 1. The maximum atomic E-state index is 13.8. The summed E-state index contributed by atoms with van der Waals surface area (Å²) in [6.07, 6.45) is 0. The van der Waals surface area contributed by atoms with Crippen molar-refractivity contribution in [2.24, 2.45) is 0 Å². The summed E-state index contributed by atoms with van der Waals surface area (Å²) < 4.78 is 15.9. The minimum atomic E-state index is -1.17. The minimum absolute atomic E-state index is 0.0665. The maximum absolute atomic E-state index is 13.8. The number of para-hydroxylation sites is 1. The zero-order chi connectivity index (χ0) is 26.4. The van der Waals surface area contributed by atoms with Crippen LogP contribution in [-0.2, 0) is 9.53 Å². The minimum Gasteiger partial charge on any atom is -0.508 e. The Balaban J connectivity index is 1.66. The van der Waals surface area contributed by atoms with Crippen LogP contribution in [0.15, 0.2) is 64.3 Å². The van der Waals surface area contributed by atoms with Gasteiger partial charge in [-0.25, -0.2) is 9.78 Å². The number of aryl methyl sites for hydroxylation is 1. The highest BCUT2D eigenvalue weighted by Crippen LogP contribution is 2.44. The number of esters is 1. The van der Waals surface area contributed by atoms with Gasteiger partial charge in [-0.15, -0.1) is 0 Å². The molecule has 1 aliphatic rings. The van der Waals surface area contributed by atoms with Crippen LogP contribution in [0.5, 0.6) is 11.5 Å². The number of aromatic hydroxyl groups is 1. The van der Waals surface area contributed by atoms with Gasteiger partial charge in [0.15, 0.2) is 28.0 Å². The van der Waals surface area contributed by atoms with Gasteiger partial charge in [-0.05, 0) is 36.8 Å². The lowest BCUT2D eigenvalue weighted by Gasteiger charge is -2.24. The molecule has 0 saturated carbocycles. The van der Waals surface area contributed by atoms with Crippen molar-refractivity contribution >= 4 is 45.1 Å². The van der Waals surface area contributed by atoms with E-state index >= 15 is 0 Å². The number of thiazole rings is 1. The maximum Gasteiger partial charge on any atom is 0.350 e. The molecule has 5 rings (SSSR count). The van der Waals surface area contributed by atoms with Crippen LogP contribution in [-0.4, -0.2) is 47.1 Å². The van der Waals surface area contributed by atoms with Crippen molar-refractivity contribution in [3.8, 4) is 11.5 Å². The van der Waals surface area contributed by atoms with Crippen molar-refractivity contribution in [1.82, 2.24) is 4.98 Å². The average Bonchev–Trinajstić information content (AvgIpc) is 3.57. The third-order valence-corrected chi connectivity index (χ3v) is 7.09. The average molecular weight is 521 g/mol. The van der Waals surface area contributed by atoms with Crippen molar-refractivity contribution < 1.29 is 38.5 Å². The lowest BCUT2D eigenvalue weighted by Crippen LogP contribution is -2.31. The molecule has 0 bridgehead atoms. The van der Waals surface area contributed by atoms with E-state index in [2.05, 4.69) is 4.98 Å². The van der Waals surface area contributed by atoms with E-state index < -0.39 is 29.5 Å². The number of phenolic OH excluding ortho intramolecular Hbond substituents is 1. The molecule has 0 fully saturated rings. The quantitative estimate of drug-likeness (QED) is 0.278. The van der Waals surface area contributed by atoms with Crippen molar-refractivity contribution in [3.63, 3.8) is 0 Å². The monoisotopic (exact) mass is 520 g/mol. The fraction of sp³-hybridized carbons (Fsp3) is 0.154. The molecular formula is C26H20N2O8S. The van der Waals surface area contributed by atoms with Gasteiger partial charge < -0.3 is 24.1 Å². The Kier molecular flexibility index (Phi) is 5.92. The van der Waals surface area contributed by atoms with E-state index in [4.69, 9.17) is 13.9 Å². The number of ether oxygens (including phenoxy) is 2. The summed E-state index contributed by atoms with van der Waals surface area (Å²) in [6, 6.07) is 11.4. The molecule has 2 aromatic heterocycles. The number of carbonyl (C=O) groups is 3. The van der Waals surface area contributed by atoms with Gasteiger partial charge in [-0.2, -0.15) is 0 Å². The Morgan fingerprint density at radius 3 is 2.57 bits per heavy atom. The van der Waals surface area contributed by atoms with Gasteiger partial charge in [0, 0.05) is 5.39 Å². The first kappa shape index (κ1) is 24.1. The number of rotatable bonds is 6. The zero-order valence-corrected chi connectivity index (χ0v) is 20.7. The molecule has 0 unspecified atom stereocenters. The first-order valence-corrected chi connectivity index (χ1v) is 11.8. The largest absolute Gasteiger partial charge is 0.508 e. The number of fused-ring (bicyclic) bond motifs is 1. The summed E-state index contributed by atoms with van der Waals surface area (Å²) in [6.45, 7) is 1.58. The number of Topliss-reactive ketones (excluding diaryl/α,β-unsaturated/α-hetero) is 1. The Hall–Kier alpha value is -4.64. The number of nitrogens with zero attached hydrogens (tertiary/aromatic N) is 2. The number of benzene rings is 2. The van der Waals surface area contributed by atoms with Gasteiger partial charge in [0.05, 0.1) is 31.5 Å². The second kappa shape index (κ2) is 9.10. The summed E-state index contributed by atoms with van der Waals surface area (Å²) in [5, 5.41) is 21.7. The Labute approximate surface area is 214 Å². The van der Waals surface area contributed by atoms with E-state index in [-0.39, 0.29) is 27.1 Å². The van der Waals surface area contributed by atoms with E-state index in [1.54, 1.807) is 37.3 Å². The fourth-order valence-corrected chi connectivity index (χ4v) is 5.27. The first-order chi connectivity index (χ1) is 17.7. The van der Waals surface area contributed by atoms with E-state index in [1.807, 2.05) is 0 Å². The number of aliphatic hydroxyl groups is 1. The standard InChI is InChI=1S/C26H20N2O8S/c1-12-23(25(33)35-3)37-26(27-12)28-19(13-6-4-8-15(29)10-13)18(21(31)24(28)32)20(30)17-11-14-7-5-9-16(34-2)22(14)36-17/h4-11,19,29,31H,1-3H3/t19-/m0/s1. The second-order valence-corrected chi connectivity index (χ2v) is 9.13. The van der Waals surface area contributed by atoms with Crippen LogP contribution in [0, 0.1) is 6.92 Å². The summed E-state index contributed by atoms with van der Waals surface area (Å²) in [4.78, 5) is 44.9. The molecule has 1 amide bonds. The molecule has 37 heavy (non-hydrogen) atoms. The van der Waals surface area contributed by atoms with E-state index in [0.717, 1.165) is 16.2 Å². The van der Waals surface area contributed by atoms with Gasteiger partial charge in [0.25, 0.3) is 5.91 Å². The van der Waals surface area contributed by atoms with E-state index in [1.165, 1.54) is 32.4 Å². The van der Waals surface area contributed by atoms with Crippen LogP contribution in [0.2, 0.25) is 0 Å². The van der Waals surface area contributed by atoms with Crippen LogP contribution in [0.4, 0.5) is 5.13 Å². The number of amides is 1. The highest BCUT2D eigenvalue weighted by molar-refractivity contribution is 7.17. The molecule has 0 spiro atoms. The summed E-state index contributed by atoms with van der Waals surface area (Å²) in [5.41, 5.74) is 0.725. The molecule has 1 atom stereocenters. The van der Waals surface area contributed by atoms with Gasteiger partial charge >= 0.3 is 5.97 Å². The molecular weight excluding hydrogens is 500 g/mol. The van der Waals surface area contributed by atoms with E-state index in [0.29, 0.717) is 28.0 Å². The van der Waals surface area contributed by atoms with Crippen LogP contribution >= 0.6 is 11.3 Å². The summed E-state index contributed by atoms with van der Waals surface area (Å²) >= 11 is 0.884. The molecule has 3 heterocycles. The van der Waals surface area contributed by atoms with Crippen molar-refractivity contribution in [2.45, 2.75) is 13.0 Å². The van der Waals surface area contributed by atoms with Gasteiger partial charge in [-0.3, -0.25) is 14.5 Å². The molecule has 0 aliphatic carbocycles.